The molecule has 7 nitrogen and oxygen atoms in total. The van der Waals surface area contributed by atoms with Gasteiger partial charge in [0.05, 0.1) is 26.4 Å². The normalized spacial score (nSPS) is 23.8. The average molecular weight is 968 g/mol. The minimum absolute atomic E-state index is 0. The number of hydrogen-bond donors (Lipinski definition) is 2. The van der Waals surface area contributed by atoms with Crippen molar-refractivity contribution in [2.75, 3.05) is 14.2 Å². The summed E-state index contributed by atoms with van der Waals surface area (Å²) in [5.41, 5.74) is 1.77. The van der Waals surface area contributed by atoms with Gasteiger partial charge in [-0.05, 0) is 121 Å². The predicted octanol–water partition coefficient (Wildman–Crippen LogP) is 9.95. The standard InChI is InChI=1S/2C22H21Cl3O3S.Li.H2O/c2*1-28-22(27)21-8-6-16(29-21)3-2-4-17-18(20(26)12-19(17)25)7-5-13-9-14(23)11-15(24)10-13;;/h2*2-3,5-11,17-20,26H,4,12H2,1H3;;1H2/q;;+1;/p-1/t2*17?,18-,19-,20-;;/m11../s1. The summed E-state index contributed by atoms with van der Waals surface area (Å²) >= 11 is 40.0. The maximum atomic E-state index is 11.6. The first-order valence-corrected chi connectivity index (χ1v) is 22.4. The number of aliphatic hydroxyl groups excluding tert-OH is 2. The zero-order valence-electron chi connectivity index (χ0n) is 32.9. The third kappa shape index (κ3) is 15.1. The number of rotatable bonds is 12. The number of carbonyl (C=O) groups excluding carboxylic acids is 2. The molecule has 0 amide bonds. The molecule has 4 aromatic rings. The van der Waals surface area contributed by atoms with Crippen LogP contribution in [-0.4, -0.2) is 64.8 Å². The zero-order chi connectivity index (χ0) is 41.9. The molecule has 2 aromatic heterocycles. The van der Waals surface area contributed by atoms with Crippen LogP contribution in [-0.2, 0) is 9.47 Å². The molecule has 2 fully saturated rings. The van der Waals surface area contributed by atoms with Gasteiger partial charge >= 0.3 is 30.8 Å². The van der Waals surface area contributed by atoms with Crippen molar-refractivity contribution < 1.29 is 53.6 Å². The Morgan fingerprint density at radius 2 is 0.983 bits per heavy atom. The molecule has 0 spiro atoms. The maximum absolute atomic E-state index is 11.6. The number of carbonyl (C=O) groups is 2. The second-order valence-corrected chi connectivity index (χ2v) is 19.0. The summed E-state index contributed by atoms with van der Waals surface area (Å²) in [5, 5.41) is 23.0. The van der Waals surface area contributed by atoms with E-state index in [4.69, 9.17) is 79.1 Å². The summed E-state index contributed by atoms with van der Waals surface area (Å²) in [4.78, 5) is 26.2. The van der Waals surface area contributed by atoms with Gasteiger partial charge in [0.15, 0.2) is 0 Å². The number of ether oxygens (including phenoxy) is 2. The van der Waals surface area contributed by atoms with Crippen LogP contribution in [0.25, 0.3) is 24.3 Å². The third-order valence-electron chi connectivity index (χ3n) is 9.94. The molecule has 316 valence electrons. The number of halogens is 6. The third-order valence-corrected chi connectivity index (χ3v) is 13.9. The average Bonchev–Trinajstić information content (AvgIpc) is 3.96. The van der Waals surface area contributed by atoms with Crippen LogP contribution in [0.4, 0.5) is 0 Å². The number of alkyl halides is 2. The first-order chi connectivity index (χ1) is 27.7. The van der Waals surface area contributed by atoms with Crippen LogP contribution in [0, 0.1) is 23.7 Å². The molecule has 2 aromatic carbocycles. The molecule has 8 atom stereocenters. The van der Waals surface area contributed by atoms with Gasteiger partial charge in [-0.1, -0.05) is 82.9 Å². The van der Waals surface area contributed by atoms with E-state index < -0.39 is 12.2 Å². The Morgan fingerprint density at radius 1 is 0.633 bits per heavy atom. The fourth-order valence-electron chi connectivity index (χ4n) is 7.11. The van der Waals surface area contributed by atoms with E-state index in [1.807, 2.05) is 85.0 Å². The molecule has 6 rings (SSSR count). The molecule has 60 heavy (non-hydrogen) atoms. The van der Waals surface area contributed by atoms with Crippen molar-refractivity contribution in [3.05, 3.63) is 136 Å². The Bertz CT molecular complexity index is 1960. The second-order valence-electron chi connectivity index (χ2n) is 13.9. The second kappa shape index (κ2) is 25.3. The summed E-state index contributed by atoms with van der Waals surface area (Å²) in [5.74, 6) is -0.577. The van der Waals surface area contributed by atoms with Gasteiger partial charge in [-0.2, -0.15) is 0 Å². The molecule has 0 radical (unpaired) electrons. The number of allylic oxidation sites excluding steroid dienone is 2. The van der Waals surface area contributed by atoms with E-state index in [2.05, 4.69) is 0 Å². The van der Waals surface area contributed by atoms with Gasteiger partial charge in [0.25, 0.3) is 0 Å². The van der Waals surface area contributed by atoms with Gasteiger partial charge in [-0.15, -0.1) is 45.9 Å². The number of benzene rings is 2. The molecule has 2 saturated carbocycles. The Kier molecular flexibility index (Phi) is 22.1. The van der Waals surface area contributed by atoms with Crippen LogP contribution in [0.3, 0.4) is 0 Å². The molecule has 2 aliphatic rings. The summed E-state index contributed by atoms with van der Waals surface area (Å²) in [6, 6.07) is 17.9. The quantitative estimate of drug-likeness (QED) is 0.0824. The van der Waals surface area contributed by atoms with E-state index in [1.165, 1.54) is 36.9 Å². The van der Waals surface area contributed by atoms with Crippen LogP contribution in [0.5, 0.6) is 0 Å². The van der Waals surface area contributed by atoms with Gasteiger partial charge in [-0.25, -0.2) is 9.59 Å². The molecule has 2 heterocycles. The summed E-state index contributed by atoms with van der Waals surface area (Å²) in [6.45, 7) is 0. The van der Waals surface area contributed by atoms with E-state index >= 15 is 0 Å². The van der Waals surface area contributed by atoms with Crippen LogP contribution in [0.15, 0.2) is 85.0 Å². The van der Waals surface area contributed by atoms with Crippen molar-refractivity contribution in [1.82, 2.24) is 0 Å². The Hall–Kier alpha value is -2.04. The number of esters is 2. The largest absolute Gasteiger partial charge is 1.00 e. The molecule has 0 saturated heterocycles. The molecule has 16 heteroatoms. The molecule has 0 aliphatic heterocycles. The summed E-state index contributed by atoms with van der Waals surface area (Å²) in [6.07, 6.45) is 17.5. The topological polar surface area (TPSA) is 123 Å². The number of hydrogen-bond acceptors (Lipinski definition) is 9. The molecular weight excluding hydrogens is 924 g/mol. The predicted molar refractivity (Wildman–Crippen MR) is 246 cm³/mol. The van der Waals surface area contributed by atoms with E-state index in [1.54, 1.807) is 24.3 Å². The number of methoxy groups -OCH3 is 2. The first-order valence-electron chi connectivity index (χ1n) is 18.4. The van der Waals surface area contributed by atoms with Crippen LogP contribution in [0.1, 0.15) is 65.9 Å². The monoisotopic (exact) mass is 964 g/mol. The molecular formula is C44H43Cl6LiO7S2. The molecule has 3 N–H and O–H groups in total. The van der Waals surface area contributed by atoms with Gasteiger partial charge < -0.3 is 25.2 Å². The van der Waals surface area contributed by atoms with E-state index in [9.17, 15) is 19.8 Å². The van der Waals surface area contributed by atoms with Crippen LogP contribution >= 0.6 is 92.3 Å². The van der Waals surface area contributed by atoms with Gasteiger partial charge in [0.1, 0.15) is 9.75 Å². The first kappa shape index (κ1) is 52.3. The summed E-state index contributed by atoms with van der Waals surface area (Å²) in [7, 11) is 2.74. The van der Waals surface area contributed by atoms with Crippen LogP contribution < -0.4 is 18.9 Å². The van der Waals surface area contributed by atoms with E-state index in [0.717, 1.165) is 33.7 Å². The minimum atomic E-state index is -0.491. The Balaban J connectivity index is 0.000000310. The Labute approximate surface area is 401 Å². The van der Waals surface area contributed by atoms with E-state index in [0.29, 0.717) is 42.7 Å². The summed E-state index contributed by atoms with van der Waals surface area (Å²) < 4.78 is 9.46. The van der Waals surface area contributed by atoms with Crippen molar-refractivity contribution in [3.8, 4) is 0 Å². The fourth-order valence-corrected chi connectivity index (χ4v) is 10.8. The molecule has 2 unspecified atom stereocenters. The van der Waals surface area contributed by atoms with Gasteiger partial charge in [0, 0.05) is 52.4 Å². The van der Waals surface area contributed by atoms with Gasteiger partial charge in [0.2, 0.25) is 0 Å². The Morgan fingerprint density at radius 3 is 1.32 bits per heavy atom. The molecule has 0 bridgehead atoms. The van der Waals surface area contributed by atoms with Gasteiger partial charge in [-0.3, -0.25) is 0 Å². The molecule has 2 aliphatic carbocycles. The fraction of sp³-hybridized carbons (Fsp3) is 0.318. The zero-order valence-corrected chi connectivity index (χ0v) is 39.1. The van der Waals surface area contributed by atoms with Crippen molar-refractivity contribution in [2.45, 2.75) is 48.6 Å². The maximum Gasteiger partial charge on any atom is 1.00 e. The van der Waals surface area contributed by atoms with Crippen molar-refractivity contribution in [2.24, 2.45) is 23.7 Å². The van der Waals surface area contributed by atoms with Crippen molar-refractivity contribution >= 4 is 129 Å². The SMILES string of the molecule is COC(=O)c1ccc(C=CCC2[C@H](Cl)C[C@@H](O)[C@@H]2C=Cc2cc(Cl)cc(Cl)c2)s1.COC(=O)c1ccc(C=CCC2[C@H](Cl)C[C@@H](O)[C@@H]2C=Cc2cc(Cl)cc(Cl)c2)s1.[Li+].[OH-]. The van der Waals surface area contributed by atoms with Crippen molar-refractivity contribution in [3.63, 3.8) is 0 Å². The number of aliphatic hydroxyl groups is 2. The minimum Gasteiger partial charge on any atom is -0.870 e. The number of thiophene rings is 2. The van der Waals surface area contributed by atoms with Crippen LogP contribution in [0.2, 0.25) is 20.1 Å². The smallest absolute Gasteiger partial charge is 0.870 e. The van der Waals surface area contributed by atoms with E-state index in [-0.39, 0.29) is 70.7 Å². The van der Waals surface area contributed by atoms with Crippen molar-refractivity contribution in [1.29, 1.82) is 0 Å².